The third-order valence-electron chi connectivity index (χ3n) is 4.29. The van der Waals surface area contributed by atoms with Gasteiger partial charge in [0.1, 0.15) is 5.69 Å². The van der Waals surface area contributed by atoms with Crippen molar-refractivity contribution in [2.24, 2.45) is 0 Å². The summed E-state index contributed by atoms with van der Waals surface area (Å²) in [5.74, 6) is 0.112. The van der Waals surface area contributed by atoms with Crippen molar-refractivity contribution in [3.63, 3.8) is 0 Å². The van der Waals surface area contributed by atoms with Gasteiger partial charge in [0.15, 0.2) is 0 Å². The second-order valence-electron chi connectivity index (χ2n) is 5.55. The number of para-hydroxylation sites is 1. The summed E-state index contributed by atoms with van der Waals surface area (Å²) in [6, 6.07) is 14.6. The molecule has 0 atom stereocenters. The van der Waals surface area contributed by atoms with Crippen LogP contribution in [-0.2, 0) is 0 Å². The molecule has 1 aliphatic rings. The predicted molar refractivity (Wildman–Crippen MR) is 84.6 cm³/mol. The van der Waals surface area contributed by atoms with Crippen molar-refractivity contribution in [3.05, 3.63) is 54.4 Å². The molecule has 1 fully saturated rings. The monoisotopic (exact) mass is 283 g/mol. The van der Waals surface area contributed by atoms with E-state index in [4.69, 9.17) is 0 Å². The van der Waals surface area contributed by atoms with Crippen molar-refractivity contribution in [1.29, 1.82) is 0 Å². The fraction of sp³-hybridized carbons (Fsp3) is 0.353. The molecule has 1 amide bonds. The van der Waals surface area contributed by atoms with E-state index in [0.717, 1.165) is 25.9 Å². The van der Waals surface area contributed by atoms with Gasteiger partial charge < -0.3 is 14.8 Å². The molecule has 3 rings (SSSR count). The molecule has 1 aromatic carbocycles. The number of nitrogens with one attached hydrogen (secondary N) is 1. The van der Waals surface area contributed by atoms with Crippen LogP contribution in [0.4, 0.5) is 5.69 Å². The topological polar surface area (TPSA) is 39.3 Å². The van der Waals surface area contributed by atoms with Crippen molar-refractivity contribution < 1.29 is 4.79 Å². The minimum absolute atomic E-state index is 0.112. The second kappa shape index (κ2) is 6.04. The Morgan fingerprint density at radius 2 is 1.86 bits per heavy atom. The molecule has 1 aliphatic heterocycles. The van der Waals surface area contributed by atoms with E-state index in [9.17, 15) is 4.79 Å². The van der Waals surface area contributed by atoms with Crippen molar-refractivity contribution in [3.8, 4) is 0 Å². The number of hydrogen-bond donors (Lipinski definition) is 1. The zero-order valence-electron chi connectivity index (χ0n) is 12.3. The maximum Gasteiger partial charge on any atom is 0.270 e. The van der Waals surface area contributed by atoms with Gasteiger partial charge in [-0.2, -0.15) is 0 Å². The average molecular weight is 283 g/mol. The average Bonchev–Trinajstić information content (AvgIpc) is 3.09. The number of aromatic amines is 1. The first-order valence-electron chi connectivity index (χ1n) is 7.46. The minimum atomic E-state index is 0.112. The number of carbonyl (C=O) groups is 1. The van der Waals surface area contributed by atoms with E-state index < -0.39 is 0 Å². The summed E-state index contributed by atoms with van der Waals surface area (Å²) < 4.78 is 0. The maximum atomic E-state index is 12.3. The number of likely N-dealkylation sites (tertiary alicyclic amines) is 1. The molecular weight excluding hydrogens is 262 g/mol. The van der Waals surface area contributed by atoms with E-state index in [-0.39, 0.29) is 5.91 Å². The normalized spacial score (nSPS) is 16.0. The molecular formula is C17H21N3O. The number of rotatable bonds is 3. The summed E-state index contributed by atoms with van der Waals surface area (Å²) in [5.41, 5.74) is 1.93. The Hall–Kier alpha value is -2.23. The number of H-pyrrole nitrogens is 1. The molecule has 0 saturated carbocycles. The van der Waals surface area contributed by atoms with Gasteiger partial charge in [-0.1, -0.05) is 18.2 Å². The van der Waals surface area contributed by atoms with Gasteiger partial charge in [0, 0.05) is 38.1 Å². The van der Waals surface area contributed by atoms with Crippen LogP contribution in [0.3, 0.4) is 0 Å². The summed E-state index contributed by atoms with van der Waals surface area (Å²) in [6.45, 7) is 1.64. The van der Waals surface area contributed by atoms with Crippen LogP contribution >= 0.6 is 0 Å². The van der Waals surface area contributed by atoms with E-state index in [1.165, 1.54) is 5.69 Å². The van der Waals surface area contributed by atoms with Gasteiger partial charge in [-0.25, -0.2) is 0 Å². The lowest BCUT2D eigenvalue weighted by Gasteiger charge is -2.37. The Morgan fingerprint density at radius 3 is 2.48 bits per heavy atom. The van der Waals surface area contributed by atoms with Crippen LogP contribution in [0.5, 0.6) is 0 Å². The third-order valence-corrected chi connectivity index (χ3v) is 4.29. The summed E-state index contributed by atoms with van der Waals surface area (Å²) in [5, 5.41) is 0. The molecule has 0 radical (unpaired) electrons. The number of amides is 1. The van der Waals surface area contributed by atoms with E-state index in [2.05, 4.69) is 41.2 Å². The smallest absolute Gasteiger partial charge is 0.270 e. The van der Waals surface area contributed by atoms with Gasteiger partial charge in [0.2, 0.25) is 0 Å². The lowest BCUT2D eigenvalue weighted by atomic mass is 10.0. The molecule has 110 valence electrons. The molecule has 0 bridgehead atoms. The number of hydrogen-bond acceptors (Lipinski definition) is 2. The molecule has 1 saturated heterocycles. The number of aromatic nitrogens is 1. The molecule has 2 heterocycles. The Kier molecular flexibility index (Phi) is 3.95. The molecule has 0 unspecified atom stereocenters. The molecule has 0 aliphatic carbocycles. The molecule has 4 heteroatoms. The maximum absolute atomic E-state index is 12.3. The molecule has 1 aromatic heterocycles. The number of carbonyl (C=O) groups excluding carboxylic acids is 1. The SMILES string of the molecule is CN(c1ccccc1)C1CCN(C(=O)c2ccc[nH]2)CC1. The first-order chi connectivity index (χ1) is 10.3. The molecule has 2 aromatic rings. The summed E-state index contributed by atoms with van der Waals surface area (Å²) >= 11 is 0. The van der Waals surface area contributed by atoms with Gasteiger partial charge >= 0.3 is 0 Å². The standard InChI is InChI=1S/C17H21N3O/c1-19(14-6-3-2-4-7-14)15-9-12-20(13-10-15)17(21)16-8-5-11-18-16/h2-8,11,15,18H,9-10,12-13H2,1H3. The summed E-state index contributed by atoms with van der Waals surface area (Å²) in [7, 11) is 2.14. The van der Waals surface area contributed by atoms with Gasteiger partial charge in [-0.3, -0.25) is 4.79 Å². The fourth-order valence-electron chi connectivity index (χ4n) is 2.96. The van der Waals surface area contributed by atoms with Crippen molar-refractivity contribution >= 4 is 11.6 Å². The van der Waals surface area contributed by atoms with Crippen molar-refractivity contribution in [2.75, 3.05) is 25.0 Å². The Morgan fingerprint density at radius 1 is 1.14 bits per heavy atom. The first kappa shape index (κ1) is 13.7. The van der Waals surface area contributed by atoms with Crippen LogP contribution in [0.15, 0.2) is 48.7 Å². The Balaban J connectivity index is 1.59. The Labute approximate surface area is 125 Å². The quantitative estimate of drug-likeness (QED) is 0.941. The van der Waals surface area contributed by atoms with Gasteiger partial charge in [-0.05, 0) is 37.1 Å². The summed E-state index contributed by atoms with van der Waals surface area (Å²) in [6.07, 6.45) is 3.82. The van der Waals surface area contributed by atoms with Crippen LogP contribution in [0.1, 0.15) is 23.3 Å². The molecule has 4 nitrogen and oxygen atoms in total. The minimum Gasteiger partial charge on any atom is -0.371 e. The van der Waals surface area contributed by atoms with Crippen LogP contribution in [0.25, 0.3) is 0 Å². The van der Waals surface area contributed by atoms with Gasteiger partial charge in [-0.15, -0.1) is 0 Å². The summed E-state index contributed by atoms with van der Waals surface area (Å²) in [4.78, 5) is 19.6. The second-order valence-corrected chi connectivity index (χ2v) is 5.55. The highest BCUT2D eigenvalue weighted by Gasteiger charge is 2.26. The highest BCUT2D eigenvalue weighted by molar-refractivity contribution is 5.92. The highest BCUT2D eigenvalue weighted by atomic mass is 16.2. The first-order valence-corrected chi connectivity index (χ1v) is 7.46. The zero-order valence-corrected chi connectivity index (χ0v) is 12.3. The molecule has 0 spiro atoms. The lowest BCUT2D eigenvalue weighted by molar-refractivity contribution is 0.0708. The van der Waals surface area contributed by atoms with E-state index in [0.29, 0.717) is 11.7 Å². The van der Waals surface area contributed by atoms with Crippen LogP contribution in [0.2, 0.25) is 0 Å². The van der Waals surface area contributed by atoms with E-state index >= 15 is 0 Å². The van der Waals surface area contributed by atoms with E-state index in [1.807, 2.05) is 23.1 Å². The fourth-order valence-corrected chi connectivity index (χ4v) is 2.96. The number of piperidine rings is 1. The van der Waals surface area contributed by atoms with Crippen molar-refractivity contribution in [2.45, 2.75) is 18.9 Å². The number of anilines is 1. The lowest BCUT2D eigenvalue weighted by Crippen LogP contribution is -2.45. The van der Waals surface area contributed by atoms with Gasteiger partial charge in [0.05, 0.1) is 0 Å². The molecule has 21 heavy (non-hydrogen) atoms. The highest BCUT2D eigenvalue weighted by Crippen LogP contribution is 2.22. The van der Waals surface area contributed by atoms with Gasteiger partial charge in [0.25, 0.3) is 5.91 Å². The van der Waals surface area contributed by atoms with Crippen LogP contribution < -0.4 is 4.90 Å². The zero-order chi connectivity index (χ0) is 14.7. The van der Waals surface area contributed by atoms with Crippen molar-refractivity contribution in [1.82, 2.24) is 9.88 Å². The predicted octanol–water partition coefficient (Wildman–Crippen LogP) is 2.76. The third kappa shape index (κ3) is 2.94. The number of benzene rings is 1. The van der Waals surface area contributed by atoms with Crippen LogP contribution in [0, 0.1) is 0 Å². The largest absolute Gasteiger partial charge is 0.371 e. The number of nitrogens with zero attached hydrogens (tertiary/aromatic N) is 2. The van der Waals surface area contributed by atoms with Crippen LogP contribution in [-0.4, -0.2) is 42.0 Å². The Bertz CT molecular complexity index is 571. The molecule has 1 N–H and O–H groups in total. The van der Waals surface area contributed by atoms with E-state index in [1.54, 1.807) is 6.20 Å².